The first-order chi connectivity index (χ1) is 10.8. The maximum absolute atomic E-state index is 10.8. The monoisotopic (exact) mass is 317 g/mol. The fourth-order valence-corrected chi connectivity index (χ4v) is 2.37. The zero-order chi connectivity index (χ0) is 17.6. The van der Waals surface area contributed by atoms with E-state index in [2.05, 4.69) is 11.0 Å². The molecule has 0 unspecified atom stereocenters. The Balaban J connectivity index is 2.81. The summed E-state index contributed by atoms with van der Waals surface area (Å²) in [5.41, 5.74) is 6.93. The van der Waals surface area contributed by atoms with Crippen LogP contribution in [0.2, 0.25) is 0 Å². The van der Waals surface area contributed by atoms with Gasteiger partial charge in [-0.1, -0.05) is 0 Å². The van der Waals surface area contributed by atoms with Gasteiger partial charge in [0, 0.05) is 24.6 Å². The number of carbonyl (C=O) groups is 1. The molecule has 0 bridgehead atoms. The summed E-state index contributed by atoms with van der Waals surface area (Å²) in [7, 11) is 0. The lowest BCUT2D eigenvalue weighted by atomic mass is 9.97. The van der Waals surface area contributed by atoms with Gasteiger partial charge >= 0.3 is 0 Å². The number of hydrogen-bond donors (Lipinski definition) is 3. The van der Waals surface area contributed by atoms with E-state index in [4.69, 9.17) is 0 Å². The predicted octanol–water partition coefficient (Wildman–Crippen LogP) is 3.89. The van der Waals surface area contributed by atoms with Crippen molar-refractivity contribution in [1.29, 1.82) is 0 Å². The highest BCUT2D eigenvalue weighted by molar-refractivity contribution is 5.72. The molecule has 0 aliphatic carbocycles. The van der Waals surface area contributed by atoms with E-state index in [1.54, 1.807) is 26.8 Å². The largest absolute Gasteiger partial charge is 0.507 e. The second-order valence-corrected chi connectivity index (χ2v) is 5.99. The third-order valence-corrected chi connectivity index (χ3v) is 4.10. The first-order valence-electron chi connectivity index (χ1n) is 7.94. The summed E-state index contributed by atoms with van der Waals surface area (Å²) in [6.07, 6.45) is 4.51. The van der Waals surface area contributed by atoms with Crippen molar-refractivity contribution in [2.45, 2.75) is 53.9 Å². The van der Waals surface area contributed by atoms with Gasteiger partial charge in [-0.25, -0.2) is 0 Å². The third-order valence-electron chi connectivity index (χ3n) is 4.10. The van der Waals surface area contributed by atoms with Gasteiger partial charge in [0.2, 0.25) is 5.91 Å². The summed E-state index contributed by atoms with van der Waals surface area (Å²) in [5, 5.41) is 23.1. The fourth-order valence-electron chi connectivity index (χ4n) is 2.37. The Kier molecular flexibility index (Phi) is 6.92. The summed E-state index contributed by atoms with van der Waals surface area (Å²) < 4.78 is 0. The molecule has 0 saturated carbocycles. The molecule has 0 saturated heterocycles. The maximum atomic E-state index is 10.8. The van der Waals surface area contributed by atoms with Crippen molar-refractivity contribution in [3.05, 3.63) is 33.6 Å². The molecular weight excluding hydrogens is 290 g/mol. The zero-order valence-corrected chi connectivity index (χ0v) is 14.7. The van der Waals surface area contributed by atoms with Crippen molar-refractivity contribution in [1.82, 2.24) is 5.32 Å². The average Bonchev–Trinajstić information content (AvgIpc) is 2.50. The van der Waals surface area contributed by atoms with Crippen LogP contribution in [0.1, 0.15) is 55.4 Å². The number of amides is 1. The number of rotatable bonds is 6. The average molecular weight is 317 g/mol. The first-order valence-corrected chi connectivity index (χ1v) is 7.94. The van der Waals surface area contributed by atoms with Gasteiger partial charge < -0.3 is 15.5 Å². The number of hydrogen-bond acceptors (Lipinski definition) is 3. The molecule has 1 amide bonds. The first kappa shape index (κ1) is 18.9. The number of allylic oxidation sites excluding steroid dienone is 1. The molecule has 1 aromatic rings. The number of phenolic OH excluding ortho intramolecular Hbond substituents is 2. The number of phenols is 2. The van der Waals surface area contributed by atoms with Gasteiger partial charge in [-0.2, -0.15) is 0 Å². The minimum atomic E-state index is -0.00217. The van der Waals surface area contributed by atoms with Crippen molar-refractivity contribution in [2.24, 2.45) is 0 Å². The van der Waals surface area contributed by atoms with Gasteiger partial charge in [0.15, 0.2) is 0 Å². The van der Waals surface area contributed by atoms with E-state index in [-0.39, 0.29) is 17.4 Å². The highest BCUT2D eigenvalue weighted by atomic mass is 16.3. The van der Waals surface area contributed by atoms with Crippen LogP contribution in [-0.4, -0.2) is 22.7 Å². The Morgan fingerprint density at radius 2 is 1.65 bits per heavy atom. The number of carbonyl (C=O) groups excluding carboxylic acids is 1. The summed E-state index contributed by atoms with van der Waals surface area (Å²) in [4.78, 5) is 10.8. The molecule has 0 aliphatic heterocycles. The highest BCUT2D eigenvalue weighted by Gasteiger charge is 2.14. The number of aromatic hydroxyl groups is 2. The SMILES string of the molecule is CC(=O)NCCCCC(C)=C=Cc1c(C)c(O)c(C)c(C)c1O. The van der Waals surface area contributed by atoms with Gasteiger partial charge in [0.25, 0.3) is 0 Å². The molecule has 4 heteroatoms. The maximum Gasteiger partial charge on any atom is 0.216 e. The second-order valence-electron chi connectivity index (χ2n) is 5.99. The fraction of sp³-hybridized carbons (Fsp3) is 0.474. The molecule has 0 spiro atoms. The molecule has 0 aliphatic rings. The van der Waals surface area contributed by atoms with E-state index < -0.39 is 0 Å². The molecular formula is C19H27NO3. The molecule has 1 aromatic carbocycles. The van der Waals surface area contributed by atoms with Crippen LogP contribution in [0, 0.1) is 20.8 Å². The van der Waals surface area contributed by atoms with E-state index in [1.165, 1.54) is 6.92 Å². The lowest BCUT2D eigenvalue weighted by Gasteiger charge is -2.12. The molecule has 0 fully saturated rings. The van der Waals surface area contributed by atoms with Gasteiger partial charge in [0.05, 0.1) is 0 Å². The van der Waals surface area contributed by atoms with Crippen LogP contribution in [0.15, 0.2) is 11.3 Å². The van der Waals surface area contributed by atoms with Gasteiger partial charge in [-0.05, 0) is 69.7 Å². The molecule has 4 nitrogen and oxygen atoms in total. The minimum absolute atomic E-state index is 0.00217. The van der Waals surface area contributed by atoms with E-state index >= 15 is 0 Å². The number of benzene rings is 1. The zero-order valence-electron chi connectivity index (χ0n) is 14.7. The van der Waals surface area contributed by atoms with Crippen LogP contribution < -0.4 is 5.32 Å². The van der Waals surface area contributed by atoms with Crippen LogP contribution >= 0.6 is 0 Å². The molecule has 1 rings (SSSR count). The smallest absolute Gasteiger partial charge is 0.216 e. The topological polar surface area (TPSA) is 69.6 Å². The summed E-state index contributed by atoms with van der Waals surface area (Å²) in [6, 6.07) is 0. The Hall–Kier alpha value is -2.19. The molecule has 0 aromatic heterocycles. The summed E-state index contributed by atoms with van der Waals surface area (Å²) in [6.45, 7) is 9.57. The van der Waals surface area contributed by atoms with Crippen LogP contribution in [0.5, 0.6) is 11.5 Å². The third kappa shape index (κ3) is 5.19. The quantitative estimate of drug-likeness (QED) is 0.423. The van der Waals surface area contributed by atoms with Crippen LogP contribution in [0.25, 0.3) is 6.08 Å². The molecule has 126 valence electrons. The standard InChI is InChI=1S/C19H27NO3/c1-12(8-6-7-11-20-16(5)21)9-10-17-15(4)18(22)13(2)14(3)19(17)23/h10,22-23H,6-8,11H2,1-5H3,(H,20,21). The van der Waals surface area contributed by atoms with Gasteiger partial charge in [-0.3, -0.25) is 4.79 Å². The van der Waals surface area contributed by atoms with Crippen LogP contribution in [-0.2, 0) is 4.79 Å². The molecule has 0 atom stereocenters. The Labute approximate surface area is 138 Å². The van der Waals surface area contributed by atoms with Gasteiger partial charge in [-0.15, -0.1) is 5.73 Å². The van der Waals surface area contributed by atoms with Gasteiger partial charge in [0.1, 0.15) is 11.5 Å². The van der Waals surface area contributed by atoms with E-state index in [9.17, 15) is 15.0 Å². The Morgan fingerprint density at radius 1 is 1.04 bits per heavy atom. The van der Waals surface area contributed by atoms with Crippen molar-refractivity contribution in [3.63, 3.8) is 0 Å². The van der Waals surface area contributed by atoms with Crippen LogP contribution in [0.4, 0.5) is 0 Å². The van der Waals surface area contributed by atoms with E-state index in [1.807, 2.05) is 6.92 Å². The summed E-state index contributed by atoms with van der Waals surface area (Å²) in [5.74, 6) is 0.419. The minimum Gasteiger partial charge on any atom is -0.507 e. The van der Waals surface area contributed by atoms with Crippen molar-refractivity contribution < 1.29 is 15.0 Å². The van der Waals surface area contributed by atoms with E-state index in [0.717, 1.165) is 24.8 Å². The predicted molar refractivity (Wildman–Crippen MR) is 93.7 cm³/mol. The number of nitrogens with one attached hydrogen (secondary N) is 1. The molecule has 23 heavy (non-hydrogen) atoms. The van der Waals surface area contributed by atoms with Crippen molar-refractivity contribution >= 4 is 12.0 Å². The van der Waals surface area contributed by atoms with Crippen LogP contribution in [0.3, 0.4) is 0 Å². The normalized spacial score (nSPS) is 10.1. The van der Waals surface area contributed by atoms with Crippen molar-refractivity contribution in [3.8, 4) is 11.5 Å². The Morgan fingerprint density at radius 3 is 2.26 bits per heavy atom. The Bertz CT molecular complexity index is 624. The summed E-state index contributed by atoms with van der Waals surface area (Å²) >= 11 is 0. The molecule has 0 heterocycles. The van der Waals surface area contributed by atoms with E-state index in [0.29, 0.717) is 28.8 Å². The number of unbranched alkanes of at least 4 members (excludes halogenated alkanes) is 1. The highest BCUT2D eigenvalue weighted by Crippen LogP contribution is 2.36. The van der Waals surface area contributed by atoms with Crippen molar-refractivity contribution in [2.75, 3.05) is 6.54 Å². The molecule has 0 radical (unpaired) electrons. The lowest BCUT2D eigenvalue weighted by Crippen LogP contribution is -2.20. The molecule has 3 N–H and O–H groups in total. The second kappa shape index (κ2) is 8.44. The lowest BCUT2D eigenvalue weighted by molar-refractivity contribution is -0.118.